The largest absolute Gasteiger partial charge is 0.506 e. The van der Waals surface area contributed by atoms with E-state index in [9.17, 15) is 27.9 Å². The molecular weight excluding hydrogens is 909 g/mol. The van der Waals surface area contributed by atoms with Crippen LogP contribution in [0.3, 0.4) is 0 Å². The number of amides is 2. The zero-order chi connectivity index (χ0) is 49.7. The van der Waals surface area contributed by atoms with Crippen molar-refractivity contribution >= 4 is 68.8 Å². The van der Waals surface area contributed by atoms with E-state index in [1.807, 2.05) is 12.1 Å². The molecule has 356 valence electrons. The van der Waals surface area contributed by atoms with Crippen LogP contribution in [0.1, 0.15) is 77.1 Å². The number of nitrogens with zero attached hydrogens (tertiary/aromatic N) is 1. The second-order valence-corrected chi connectivity index (χ2v) is 24.9. The predicted molar refractivity (Wildman–Crippen MR) is 274 cm³/mol. The predicted octanol–water partition coefficient (Wildman–Crippen LogP) is 9.51. The first-order valence-corrected chi connectivity index (χ1v) is 26.8. The normalized spacial score (nSPS) is 12.3. The highest BCUT2D eigenvalue weighted by atomic mass is 32.2. The molecular formula is C53H56N6O8SSi. The number of aryl methyl sites for hydroxylation is 1. The number of anilines is 3. The number of aromatic nitrogens is 2. The molecule has 69 heavy (non-hydrogen) atoms. The summed E-state index contributed by atoms with van der Waals surface area (Å²) < 4.78 is 40.8. The lowest BCUT2D eigenvalue weighted by atomic mass is 10.0. The van der Waals surface area contributed by atoms with Gasteiger partial charge in [0.05, 0.1) is 45.3 Å². The van der Waals surface area contributed by atoms with Crippen LogP contribution in [0, 0.1) is 18.8 Å². The van der Waals surface area contributed by atoms with Gasteiger partial charge in [0.2, 0.25) is 15.4 Å². The minimum Gasteiger partial charge on any atom is -0.506 e. The number of primary amides is 1. The molecule has 0 fully saturated rings. The first-order valence-electron chi connectivity index (χ1n) is 22.4. The van der Waals surface area contributed by atoms with Crippen molar-refractivity contribution in [3.63, 3.8) is 0 Å². The molecule has 0 saturated carbocycles. The Morgan fingerprint density at radius 3 is 2.42 bits per heavy atom. The third kappa shape index (κ3) is 11.4. The van der Waals surface area contributed by atoms with Gasteiger partial charge in [0.1, 0.15) is 11.5 Å². The smallest absolute Gasteiger partial charge is 0.255 e. The highest BCUT2D eigenvalue weighted by Crippen LogP contribution is 2.41. The number of pyridine rings is 2. The van der Waals surface area contributed by atoms with Crippen LogP contribution >= 0.6 is 0 Å². The Morgan fingerprint density at radius 2 is 1.67 bits per heavy atom. The van der Waals surface area contributed by atoms with Crippen LogP contribution in [0.2, 0.25) is 18.1 Å². The number of rotatable bonds is 16. The van der Waals surface area contributed by atoms with E-state index in [2.05, 4.69) is 71.6 Å². The molecule has 0 aliphatic rings. The average Bonchev–Trinajstić information content (AvgIpc) is 3.31. The van der Waals surface area contributed by atoms with Crippen molar-refractivity contribution in [2.75, 3.05) is 30.8 Å². The number of carbonyl (C=O) groups excluding carboxylic acids is 2. The lowest BCUT2D eigenvalue weighted by molar-refractivity contribution is 0.0998. The standard InChI is InChI=1S/C53H56N6O8SSi/c1-33-26-40(30-43-48(33)56-31-44(51(54)62)49(43)57-37-18-13-19-38(29-37)66-5)68(64,65)39-20-12-16-35(28-39)52(63)58-36-17-11-15-34(27-36)14-9-8-10-25-55-32-46(67-69(6,7)53(2,3)4)41-21-23-45(60)50-42(41)22-24-47(61)59-50/h11-13,15-24,26-31,46,55,60H,8,10,25,32H2,1-7H3,(H2,54,62)(H,56,57)(H,58,63)(H,59,61)/t46-/m0/s1. The van der Waals surface area contributed by atoms with Crippen molar-refractivity contribution in [2.24, 2.45) is 5.73 Å². The number of hydrogen-bond acceptors (Lipinski definition) is 11. The van der Waals surface area contributed by atoms with Gasteiger partial charge in [-0.05, 0) is 122 Å². The minimum absolute atomic E-state index is 0.00123. The number of methoxy groups -OCH3 is 1. The Bertz CT molecular complexity index is 3340. The van der Waals surface area contributed by atoms with Gasteiger partial charge in [-0.1, -0.05) is 56.9 Å². The van der Waals surface area contributed by atoms with E-state index in [1.165, 1.54) is 55.8 Å². The van der Waals surface area contributed by atoms with E-state index in [4.69, 9.17) is 14.9 Å². The van der Waals surface area contributed by atoms with Gasteiger partial charge >= 0.3 is 0 Å². The highest BCUT2D eigenvalue weighted by molar-refractivity contribution is 7.91. The Kier molecular flexibility index (Phi) is 14.7. The second-order valence-electron chi connectivity index (χ2n) is 18.2. The number of ether oxygens (including phenoxy) is 1. The third-order valence-corrected chi connectivity index (χ3v) is 18.5. The molecule has 7 rings (SSSR count). The van der Waals surface area contributed by atoms with E-state index >= 15 is 0 Å². The van der Waals surface area contributed by atoms with Crippen LogP contribution in [-0.2, 0) is 14.3 Å². The van der Waals surface area contributed by atoms with Crippen LogP contribution in [-0.4, -0.2) is 63.8 Å². The van der Waals surface area contributed by atoms with Crippen molar-refractivity contribution in [1.82, 2.24) is 15.3 Å². The van der Waals surface area contributed by atoms with Gasteiger partial charge < -0.3 is 40.9 Å². The van der Waals surface area contributed by atoms with Gasteiger partial charge in [-0.3, -0.25) is 19.4 Å². The summed E-state index contributed by atoms with van der Waals surface area (Å²) in [5.74, 6) is 5.70. The fourth-order valence-corrected chi connectivity index (χ4v) is 10.3. The zero-order valence-corrected chi connectivity index (χ0v) is 41.4. The number of sulfone groups is 1. The number of aromatic amines is 1. The van der Waals surface area contributed by atoms with Crippen LogP contribution in [0.25, 0.3) is 21.8 Å². The molecule has 0 radical (unpaired) electrons. The number of phenols is 1. The monoisotopic (exact) mass is 964 g/mol. The van der Waals surface area contributed by atoms with Crippen molar-refractivity contribution in [1.29, 1.82) is 0 Å². The fourth-order valence-electron chi connectivity index (χ4n) is 7.57. The summed E-state index contributed by atoms with van der Waals surface area (Å²) in [5.41, 5.74) is 9.97. The number of nitrogens with two attached hydrogens (primary N) is 1. The lowest BCUT2D eigenvalue weighted by Gasteiger charge is -2.39. The minimum atomic E-state index is -4.20. The number of unbranched alkanes of at least 4 members (excludes halogenated alkanes) is 1. The van der Waals surface area contributed by atoms with E-state index in [1.54, 1.807) is 61.5 Å². The molecule has 0 aliphatic heterocycles. The topological polar surface area (TPSA) is 215 Å². The molecule has 0 bridgehead atoms. The van der Waals surface area contributed by atoms with Gasteiger partial charge in [0, 0.05) is 64.6 Å². The first kappa shape index (κ1) is 49.6. The number of phenolic OH excluding ortho intramolecular Hbond substituents is 1. The molecule has 2 aromatic heterocycles. The van der Waals surface area contributed by atoms with E-state index in [0.29, 0.717) is 64.2 Å². The third-order valence-electron chi connectivity index (χ3n) is 12.3. The molecule has 2 heterocycles. The maximum Gasteiger partial charge on any atom is 0.255 e. The summed E-state index contributed by atoms with van der Waals surface area (Å²) in [4.78, 5) is 45.3. The number of hydrogen-bond donors (Lipinski definition) is 6. The maximum atomic E-state index is 14.3. The van der Waals surface area contributed by atoms with E-state index in [-0.39, 0.29) is 49.1 Å². The van der Waals surface area contributed by atoms with Gasteiger partial charge in [0.25, 0.3) is 11.8 Å². The molecule has 2 amide bonds. The van der Waals surface area contributed by atoms with E-state index < -0.39 is 30.0 Å². The van der Waals surface area contributed by atoms with Gasteiger partial charge in [0.15, 0.2) is 8.32 Å². The summed E-state index contributed by atoms with van der Waals surface area (Å²) in [5, 5.41) is 21.2. The van der Waals surface area contributed by atoms with Crippen LogP contribution < -0.4 is 32.0 Å². The summed E-state index contributed by atoms with van der Waals surface area (Å²) in [6, 6.07) is 29.5. The first-order chi connectivity index (χ1) is 32.7. The maximum absolute atomic E-state index is 14.3. The quantitative estimate of drug-likeness (QED) is 0.0305. The Balaban J connectivity index is 1.01. The van der Waals surface area contributed by atoms with Gasteiger partial charge in [-0.15, -0.1) is 0 Å². The fraction of sp³-hybridized carbons (Fsp3) is 0.245. The van der Waals surface area contributed by atoms with Crippen molar-refractivity contribution in [3.8, 4) is 23.3 Å². The molecule has 5 aromatic carbocycles. The molecule has 0 aliphatic carbocycles. The van der Waals surface area contributed by atoms with E-state index in [0.717, 1.165) is 17.4 Å². The number of nitrogens with one attached hydrogen (secondary N) is 4. The number of fused-ring (bicyclic) bond motifs is 2. The number of H-pyrrole nitrogens is 1. The van der Waals surface area contributed by atoms with Gasteiger partial charge in [-0.2, -0.15) is 0 Å². The molecule has 1 atom stereocenters. The molecule has 0 saturated heterocycles. The molecule has 7 N–H and O–H groups in total. The summed E-state index contributed by atoms with van der Waals surface area (Å²) >= 11 is 0. The molecule has 0 unspecified atom stereocenters. The van der Waals surface area contributed by atoms with Crippen LogP contribution in [0.4, 0.5) is 17.1 Å². The Labute approximate surface area is 402 Å². The number of carbonyl (C=O) groups is 2. The Hall–Kier alpha value is -7.29. The Morgan fingerprint density at radius 1 is 0.913 bits per heavy atom. The molecule has 0 spiro atoms. The summed E-state index contributed by atoms with van der Waals surface area (Å²) in [6.07, 6.45) is 2.38. The van der Waals surface area contributed by atoms with Crippen molar-refractivity contribution in [2.45, 2.75) is 74.6 Å². The molecule has 16 heteroatoms. The summed E-state index contributed by atoms with van der Waals surface area (Å²) in [7, 11) is -4.90. The van der Waals surface area contributed by atoms with Crippen LogP contribution in [0.15, 0.2) is 130 Å². The zero-order valence-electron chi connectivity index (χ0n) is 39.6. The van der Waals surface area contributed by atoms with Crippen molar-refractivity contribution in [3.05, 3.63) is 154 Å². The van der Waals surface area contributed by atoms with Gasteiger partial charge in [-0.25, -0.2) is 8.42 Å². The summed E-state index contributed by atoms with van der Waals surface area (Å²) in [6.45, 7) is 13.9. The second kappa shape index (κ2) is 20.5. The highest BCUT2D eigenvalue weighted by Gasteiger charge is 2.40. The van der Waals surface area contributed by atoms with Crippen LogP contribution in [0.5, 0.6) is 11.5 Å². The molecule has 14 nitrogen and oxygen atoms in total. The average molecular weight is 965 g/mol. The number of aromatic hydroxyl groups is 1. The lowest BCUT2D eigenvalue weighted by Crippen LogP contribution is -2.43. The van der Waals surface area contributed by atoms with Crippen molar-refractivity contribution < 1.29 is 32.3 Å². The number of benzene rings is 5. The SMILES string of the molecule is COc1cccc(Nc2c(C(N)=O)cnc3c(C)cc(S(=O)(=O)c4cccc(C(=O)Nc5cccc(C#CCCCNC[C@H](O[Si](C)(C)C(C)(C)C)c6ccc(O)c7[nH]c(=O)ccc67)c5)c4)cc23)c1. The molecule has 7 aromatic rings.